The summed E-state index contributed by atoms with van der Waals surface area (Å²) in [5, 5.41) is 14.8. The quantitative estimate of drug-likeness (QED) is 0.540. The molecule has 2 N–H and O–H groups in total. The van der Waals surface area contributed by atoms with Crippen molar-refractivity contribution in [1.29, 1.82) is 0 Å². The van der Waals surface area contributed by atoms with Crippen molar-refractivity contribution in [3.05, 3.63) is 63.2 Å². The van der Waals surface area contributed by atoms with Crippen molar-refractivity contribution >= 4 is 49.2 Å². The van der Waals surface area contributed by atoms with E-state index in [-0.39, 0.29) is 18.7 Å². The number of rotatable bonds is 6. The zero-order chi connectivity index (χ0) is 20.3. The smallest absolute Gasteiger partial charge is 0.328 e. The van der Waals surface area contributed by atoms with Crippen molar-refractivity contribution in [2.45, 2.75) is 18.9 Å². The molecule has 146 valence electrons. The normalized spacial score (nSPS) is 12.0. The summed E-state index contributed by atoms with van der Waals surface area (Å²) >= 11 is 4.97. The Balaban J connectivity index is 1.74. The van der Waals surface area contributed by atoms with Crippen molar-refractivity contribution in [2.24, 2.45) is 0 Å². The molecule has 1 unspecified atom stereocenters. The van der Waals surface area contributed by atoms with E-state index in [1.807, 2.05) is 23.6 Å². The number of benzene rings is 2. The number of halogens is 2. The average molecular weight is 466 g/mol. The maximum absolute atomic E-state index is 13.6. The van der Waals surface area contributed by atoms with Gasteiger partial charge in [0.1, 0.15) is 6.04 Å². The largest absolute Gasteiger partial charge is 0.505 e. The Morgan fingerprint density at radius 2 is 2.07 bits per heavy atom. The minimum Gasteiger partial charge on any atom is -0.505 e. The molecule has 0 fully saturated rings. The molecule has 0 saturated heterocycles. The first-order chi connectivity index (χ1) is 13.4. The second-order valence-corrected chi connectivity index (χ2v) is 8.04. The molecule has 3 aromatic rings. The first-order valence-electron chi connectivity index (χ1n) is 8.37. The molecule has 0 bridgehead atoms. The average Bonchev–Trinajstić information content (AvgIpc) is 3.05. The minimum atomic E-state index is -0.960. The number of amides is 1. The van der Waals surface area contributed by atoms with E-state index in [0.717, 1.165) is 26.2 Å². The van der Waals surface area contributed by atoms with Gasteiger partial charge in [0.05, 0.1) is 13.5 Å². The van der Waals surface area contributed by atoms with Crippen molar-refractivity contribution in [3.8, 4) is 5.75 Å². The van der Waals surface area contributed by atoms with E-state index in [2.05, 4.69) is 21.2 Å². The van der Waals surface area contributed by atoms with Gasteiger partial charge in [-0.25, -0.2) is 9.18 Å². The van der Waals surface area contributed by atoms with E-state index in [1.54, 1.807) is 11.3 Å². The van der Waals surface area contributed by atoms with E-state index in [0.29, 0.717) is 5.56 Å². The molecule has 1 amide bonds. The van der Waals surface area contributed by atoms with Crippen LogP contribution in [0, 0.1) is 5.82 Å². The third kappa shape index (κ3) is 4.69. The summed E-state index contributed by atoms with van der Waals surface area (Å²) in [6.45, 7) is 0. The number of phenols is 1. The van der Waals surface area contributed by atoms with Crippen LogP contribution >= 0.6 is 27.3 Å². The van der Waals surface area contributed by atoms with Gasteiger partial charge in [-0.2, -0.15) is 0 Å². The highest BCUT2D eigenvalue weighted by atomic mass is 79.9. The molecular formula is C20H17BrFNO4S. The predicted octanol–water partition coefficient (Wildman–Crippen LogP) is 3.95. The van der Waals surface area contributed by atoms with Crippen LogP contribution < -0.4 is 5.32 Å². The van der Waals surface area contributed by atoms with Crippen LogP contribution in [0.4, 0.5) is 4.39 Å². The van der Waals surface area contributed by atoms with Gasteiger partial charge in [0.2, 0.25) is 5.91 Å². The van der Waals surface area contributed by atoms with Gasteiger partial charge in [0, 0.05) is 15.6 Å². The molecular weight excluding hydrogens is 449 g/mol. The van der Waals surface area contributed by atoms with E-state index in [1.165, 1.54) is 19.2 Å². The van der Waals surface area contributed by atoms with Gasteiger partial charge in [-0.3, -0.25) is 4.79 Å². The number of phenolic OH excluding ortho intramolecular Hbond substituents is 1. The van der Waals surface area contributed by atoms with E-state index in [9.17, 15) is 19.1 Å². The molecule has 28 heavy (non-hydrogen) atoms. The number of thiophene rings is 1. The third-order valence-electron chi connectivity index (χ3n) is 4.24. The van der Waals surface area contributed by atoms with E-state index in [4.69, 9.17) is 4.74 Å². The van der Waals surface area contributed by atoms with Gasteiger partial charge in [0.25, 0.3) is 0 Å². The summed E-state index contributed by atoms with van der Waals surface area (Å²) in [6, 6.07) is 8.72. The van der Waals surface area contributed by atoms with Crippen LogP contribution in [0.5, 0.6) is 5.75 Å². The van der Waals surface area contributed by atoms with Gasteiger partial charge in [-0.15, -0.1) is 11.3 Å². The summed E-state index contributed by atoms with van der Waals surface area (Å²) < 4.78 is 20.3. The fraction of sp³-hybridized carbons (Fsp3) is 0.200. The Morgan fingerprint density at radius 1 is 1.29 bits per heavy atom. The number of fused-ring (bicyclic) bond motifs is 1. The van der Waals surface area contributed by atoms with Gasteiger partial charge >= 0.3 is 5.97 Å². The Kier molecular flexibility index (Phi) is 6.31. The summed E-state index contributed by atoms with van der Waals surface area (Å²) in [5.41, 5.74) is 1.31. The number of aromatic hydroxyl groups is 1. The Morgan fingerprint density at radius 3 is 2.79 bits per heavy atom. The number of carbonyl (C=O) groups is 2. The number of ether oxygens (including phenoxy) is 1. The lowest BCUT2D eigenvalue weighted by Crippen LogP contribution is -2.43. The lowest BCUT2D eigenvalue weighted by atomic mass is 10.0. The monoisotopic (exact) mass is 465 g/mol. The van der Waals surface area contributed by atoms with Gasteiger partial charge in [0.15, 0.2) is 11.6 Å². The molecule has 0 aliphatic heterocycles. The molecule has 0 aliphatic carbocycles. The molecule has 0 saturated carbocycles. The second-order valence-electron chi connectivity index (χ2n) is 6.21. The van der Waals surface area contributed by atoms with E-state index < -0.39 is 23.6 Å². The molecule has 2 aromatic carbocycles. The van der Waals surface area contributed by atoms with Crippen LogP contribution in [0.2, 0.25) is 0 Å². The van der Waals surface area contributed by atoms with Crippen LogP contribution in [0.15, 0.2) is 46.3 Å². The summed E-state index contributed by atoms with van der Waals surface area (Å²) in [4.78, 5) is 24.6. The Bertz CT molecular complexity index is 1040. The molecule has 8 heteroatoms. The molecule has 5 nitrogen and oxygen atoms in total. The molecule has 1 heterocycles. The van der Waals surface area contributed by atoms with Gasteiger partial charge < -0.3 is 15.2 Å². The number of carbonyl (C=O) groups excluding carboxylic acids is 2. The Labute approximate surface area is 173 Å². The van der Waals surface area contributed by atoms with Crippen LogP contribution in [-0.4, -0.2) is 30.1 Å². The fourth-order valence-electron chi connectivity index (χ4n) is 2.86. The standard InChI is InChI=1S/C20H17BrFNO4S/c1-27-20(26)16(7-11-2-4-17(24)15(22)6-11)23-19(25)8-12-10-28-18-5-3-13(21)9-14(12)18/h2-6,9-10,16,24H,7-8H2,1H3,(H,23,25). The molecule has 0 spiro atoms. The highest BCUT2D eigenvalue weighted by Gasteiger charge is 2.23. The first-order valence-corrected chi connectivity index (χ1v) is 10.0. The fourth-order valence-corrected chi connectivity index (χ4v) is 4.16. The van der Waals surface area contributed by atoms with Crippen molar-refractivity contribution in [3.63, 3.8) is 0 Å². The molecule has 0 radical (unpaired) electrons. The zero-order valence-electron chi connectivity index (χ0n) is 14.9. The SMILES string of the molecule is COC(=O)C(Cc1ccc(O)c(F)c1)NC(=O)Cc1csc2ccc(Br)cc12. The number of nitrogens with one attached hydrogen (secondary N) is 1. The van der Waals surface area contributed by atoms with Crippen molar-refractivity contribution < 1.29 is 23.8 Å². The van der Waals surface area contributed by atoms with E-state index >= 15 is 0 Å². The molecule has 1 aromatic heterocycles. The minimum absolute atomic E-state index is 0.0472. The number of hydrogen-bond acceptors (Lipinski definition) is 5. The number of hydrogen-bond donors (Lipinski definition) is 2. The van der Waals surface area contributed by atoms with Gasteiger partial charge in [-0.05, 0) is 52.2 Å². The molecule has 0 aliphatic rings. The number of esters is 1. The topological polar surface area (TPSA) is 75.6 Å². The second kappa shape index (κ2) is 8.70. The van der Waals surface area contributed by atoms with Crippen LogP contribution in [-0.2, 0) is 27.2 Å². The predicted molar refractivity (Wildman–Crippen MR) is 109 cm³/mol. The molecule has 3 rings (SSSR count). The molecule has 1 atom stereocenters. The lowest BCUT2D eigenvalue weighted by molar-refractivity contribution is -0.145. The van der Waals surface area contributed by atoms with Gasteiger partial charge in [-0.1, -0.05) is 22.0 Å². The first kappa shape index (κ1) is 20.3. The van der Waals surface area contributed by atoms with Crippen LogP contribution in [0.1, 0.15) is 11.1 Å². The van der Waals surface area contributed by atoms with Crippen LogP contribution in [0.3, 0.4) is 0 Å². The summed E-state index contributed by atoms with van der Waals surface area (Å²) in [6.07, 6.45) is 0.152. The maximum atomic E-state index is 13.6. The van der Waals surface area contributed by atoms with Crippen LogP contribution in [0.25, 0.3) is 10.1 Å². The maximum Gasteiger partial charge on any atom is 0.328 e. The van der Waals surface area contributed by atoms with Crippen molar-refractivity contribution in [1.82, 2.24) is 5.32 Å². The number of methoxy groups -OCH3 is 1. The van der Waals surface area contributed by atoms with Crippen molar-refractivity contribution in [2.75, 3.05) is 7.11 Å². The summed E-state index contributed by atoms with van der Waals surface area (Å²) in [7, 11) is 1.23. The summed E-state index contributed by atoms with van der Waals surface area (Å²) in [5.74, 6) is -2.23. The zero-order valence-corrected chi connectivity index (χ0v) is 17.3. The third-order valence-corrected chi connectivity index (χ3v) is 5.75. The highest BCUT2D eigenvalue weighted by molar-refractivity contribution is 9.10. The highest BCUT2D eigenvalue weighted by Crippen LogP contribution is 2.29. The Hall–Kier alpha value is -2.45. The lowest BCUT2D eigenvalue weighted by Gasteiger charge is -2.17.